The zero-order chi connectivity index (χ0) is 31.3. The molecule has 41 heavy (non-hydrogen) atoms. The molecule has 11 heteroatoms. The van der Waals surface area contributed by atoms with E-state index in [1.807, 2.05) is 34.6 Å². The number of carbonyl (C=O) groups is 4. The zero-order valence-electron chi connectivity index (χ0n) is 25.7. The molecule has 2 N–H and O–H groups in total. The summed E-state index contributed by atoms with van der Waals surface area (Å²) in [6, 6.07) is 3.30. The van der Waals surface area contributed by atoms with Crippen LogP contribution in [0.4, 0.5) is 9.59 Å². The third kappa shape index (κ3) is 13.2. The smallest absolute Gasteiger partial charge is 0.480 e. The minimum Gasteiger partial charge on any atom is -0.480 e. The van der Waals surface area contributed by atoms with Gasteiger partial charge >= 0.3 is 24.2 Å². The Hall–Kier alpha value is -3.34. The molecule has 0 aliphatic rings. The number of aliphatic carboxylic acids is 1. The number of ether oxygens (including phenoxy) is 5. The lowest BCUT2D eigenvalue weighted by atomic mass is 10.0. The predicted octanol–water partition coefficient (Wildman–Crippen LogP) is 5.76. The number of carboxylic acid groups (broad SMARTS) is 1. The summed E-state index contributed by atoms with van der Waals surface area (Å²) >= 11 is 0. The van der Waals surface area contributed by atoms with E-state index < -0.39 is 42.6 Å². The molecule has 0 amide bonds. The molecule has 232 valence electrons. The van der Waals surface area contributed by atoms with Crippen molar-refractivity contribution in [3.05, 3.63) is 23.8 Å². The molecule has 1 aromatic carbocycles. The van der Waals surface area contributed by atoms with Crippen LogP contribution >= 0.6 is 0 Å². The first-order chi connectivity index (χ1) is 19.1. The van der Waals surface area contributed by atoms with Crippen LogP contribution in [0.15, 0.2) is 18.2 Å². The van der Waals surface area contributed by atoms with Gasteiger partial charge in [-0.15, -0.1) is 0 Å². The molecule has 0 aromatic heterocycles. The minimum absolute atomic E-state index is 0.00878. The number of hydrogen-bond acceptors (Lipinski definition) is 10. The summed E-state index contributed by atoms with van der Waals surface area (Å²) in [5.41, 5.74) is 0.474. The van der Waals surface area contributed by atoms with Gasteiger partial charge in [-0.3, -0.25) is 9.59 Å². The van der Waals surface area contributed by atoms with E-state index in [0.717, 1.165) is 6.42 Å². The van der Waals surface area contributed by atoms with E-state index >= 15 is 0 Å². The first-order valence-electron chi connectivity index (χ1n) is 14.2. The van der Waals surface area contributed by atoms with E-state index in [1.165, 1.54) is 12.1 Å². The summed E-state index contributed by atoms with van der Waals surface area (Å²) in [4.78, 5) is 49.0. The standard InChI is InChI=1S/C30H47NO10/c1-10-11-19(6)28(34)37-20(7)16-31-24(27(32)33)14-23-12-13-25(40-29(35)38-21(8)17(2)3)26(15-23)41-30(36)39-22(9)18(4)5/h12-13,15,17-22,24,31H,10-11,14,16H2,1-9H3,(H,32,33)/t19?,20?,21?,22?,24-/m0/s1. The summed E-state index contributed by atoms with van der Waals surface area (Å²) in [5.74, 6) is -1.82. The van der Waals surface area contributed by atoms with Crippen molar-refractivity contribution in [2.75, 3.05) is 6.54 Å². The van der Waals surface area contributed by atoms with Gasteiger partial charge in [0.1, 0.15) is 24.4 Å². The van der Waals surface area contributed by atoms with Crippen molar-refractivity contribution >= 4 is 24.2 Å². The molecule has 0 saturated heterocycles. The Labute approximate surface area is 243 Å². The van der Waals surface area contributed by atoms with Gasteiger partial charge in [0.05, 0.1) is 5.92 Å². The highest BCUT2D eigenvalue weighted by molar-refractivity contribution is 5.74. The molecule has 5 atom stereocenters. The van der Waals surface area contributed by atoms with Crippen molar-refractivity contribution in [3.8, 4) is 11.5 Å². The van der Waals surface area contributed by atoms with Gasteiger partial charge in [-0.05, 0) is 63.1 Å². The maximum Gasteiger partial charge on any atom is 0.514 e. The first kappa shape index (κ1) is 35.7. The molecule has 0 spiro atoms. The second-order valence-corrected chi connectivity index (χ2v) is 11.1. The molecule has 0 radical (unpaired) electrons. The second-order valence-electron chi connectivity index (χ2n) is 11.1. The summed E-state index contributed by atoms with van der Waals surface area (Å²) in [5, 5.41) is 12.7. The van der Waals surface area contributed by atoms with E-state index in [4.69, 9.17) is 23.7 Å². The highest BCUT2D eigenvalue weighted by Crippen LogP contribution is 2.30. The Morgan fingerprint density at radius 3 is 1.83 bits per heavy atom. The molecule has 1 rings (SSSR count). The Balaban J connectivity index is 3.07. The quantitative estimate of drug-likeness (QED) is 0.139. The summed E-state index contributed by atoms with van der Waals surface area (Å²) < 4.78 is 26.6. The molecule has 0 bridgehead atoms. The number of esters is 1. The molecule has 11 nitrogen and oxygen atoms in total. The highest BCUT2D eigenvalue weighted by atomic mass is 16.7. The molecule has 0 saturated carbocycles. The normalized spacial score (nSPS) is 14.9. The van der Waals surface area contributed by atoms with Crippen LogP contribution < -0.4 is 14.8 Å². The average Bonchev–Trinajstić information content (AvgIpc) is 2.87. The molecule has 1 aromatic rings. The van der Waals surface area contributed by atoms with E-state index in [-0.39, 0.29) is 48.2 Å². The summed E-state index contributed by atoms with van der Waals surface area (Å²) in [6.45, 7) is 16.6. The number of carboxylic acids is 1. The topological polar surface area (TPSA) is 147 Å². The van der Waals surface area contributed by atoms with Crippen molar-refractivity contribution in [1.29, 1.82) is 0 Å². The average molecular weight is 582 g/mol. The first-order valence-corrected chi connectivity index (χ1v) is 14.2. The van der Waals surface area contributed by atoms with E-state index in [0.29, 0.717) is 12.0 Å². The van der Waals surface area contributed by atoms with E-state index in [9.17, 15) is 24.3 Å². The fourth-order valence-corrected chi connectivity index (χ4v) is 3.34. The number of nitrogens with one attached hydrogen (secondary N) is 1. The fraction of sp³-hybridized carbons (Fsp3) is 0.667. The van der Waals surface area contributed by atoms with Crippen LogP contribution in [0.5, 0.6) is 11.5 Å². The molecule has 0 aliphatic heterocycles. The fourth-order valence-electron chi connectivity index (χ4n) is 3.34. The maximum absolute atomic E-state index is 12.5. The van der Waals surface area contributed by atoms with Crippen LogP contribution in [0.1, 0.15) is 80.7 Å². The van der Waals surface area contributed by atoms with Gasteiger partial charge in [-0.25, -0.2) is 9.59 Å². The number of carbonyl (C=O) groups excluding carboxylic acids is 3. The number of hydrogen-bond donors (Lipinski definition) is 2. The predicted molar refractivity (Wildman–Crippen MR) is 152 cm³/mol. The minimum atomic E-state index is -1.12. The van der Waals surface area contributed by atoms with E-state index in [2.05, 4.69) is 5.32 Å². The molecular formula is C30H47NO10. The maximum atomic E-state index is 12.5. The molecule has 0 heterocycles. The number of benzene rings is 1. The van der Waals surface area contributed by atoms with Gasteiger partial charge in [-0.1, -0.05) is 54.0 Å². The van der Waals surface area contributed by atoms with Crippen LogP contribution in [-0.4, -0.2) is 60.3 Å². The Morgan fingerprint density at radius 1 is 0.805 bits per heavy atom. The monoisotopic (exact) mass is 581 g/mol. The second kappa shape index (κ2) is 17.5. The van der Waals surface area contributed by atoms with E-state index in [1.54, 1.807) is 33.8 Å². The number of rotatable bonds is 16. The molecule has 0 aliphatic carbocycles. The van der Waals surface area contributed by atoms with Crippen LogP contribution in [-0.2, 0) is 30.2 Å². The largest absolute Gasteiger partial charge is 0.514 e. The lowest BCUT2D eigenvalue weighted by Crippen LogP contribution is -2.43. The lowest BCUT2D eigenvalue weighted by Gasteiger charge is -2.21. The molecular weight excluding hydrogens is 534 g/mol. The third-order valence-corrected chi connectivity index (χ3v) is 6.67. The van der Waals surface area contributed by atoms with Crippen molar-refractivity contribution < 1.29 is 48.0 Å². The van der Waals surface area contributed by atoms with Gasteiger partial charge in [-0.2, -0.15) is 0 Å². The SMILES string of the molecule is CCCC(C)C(=O)OC(C)CN[C@@H](Cc1ccc(OC(=O)OC(C)C(C)C)c(OC(=O)OC(C)C(C)C)c1)C(=O)O. The summed E-state index contributed by atoms with van der Waals surface area (Å²) in [7, 11) is 0. The van der Waals surface area contributed by atoms with Crippen molar-refractivity contribution in [3.63, 3.8) is 0 Å². The Kier molecular flexibility index (Phi) is 15.2. The lowest BCUT2D eigenvalue weighted by molar-refractivity contribution is -0.152. The van der Waals surface area contributed by atoms with Gasteiger partial charge in [0.2, 0.25) is 0 Å². The van der Waals surface area contributed by atoms with Gasteiger partial charge in [0.25, 0.3) is 0 Å². The zero-order valence-corrected chi connectivity index (χ0v) is 25.7. The van der Waals surface area contributed by atoms with Crippen molar-refractivity contribution in [1.82, 2.24) is 5.32 Å². The Bertz CT molecular complexity index is 1010. The van der Waals surface area contributed by atoms with Gasteiger partial charge in [0, 0.05) is 6.54 Å². The Morgan fingerprint density at radius 2 is 1.34 bits per heavy atom. The molecule has 4 unspecified atom stereocenters. The summed E-state index contributed by atoms with van der Waals surface area (Å²) in [6.07, 6.45) is -1.82. The van der Waals surface area contributed by atoms with Gasteiger partial charge in [0.15, 0.2) is 11.5 Å². The third-order valence-electron chi connectivity index (χ3n) is 6.67. The molecule has 0 fully saturated rings. The van der Waals surface area contributed by atoms with Crippen molar-refractivity contribution in [2.24, 2.45) is 17.8 Å². The van der Waals surface area contributed by atoms with Crippen LogP contribution in [0.2, 0.25) is 0 Å². The van der Waals surface area contributed by atoms with Gasteiger partial charge < -0.3 is 34.1 Å². The van der Waals surface area contributed by atoms with Crippen molar-refractivity contribution in [2.45, 2.75) is 106 Å². The van der Waals surface area contributed by atoms with Crippen LogP contribution in [0.25, 0.3) is 0 Å². The highest BCUT2D eigenvalue weighted by Gasteiger charge is 2.24. The van der Waals surface area contributed by atoms with Crippen LogP contribution in [0, 0.1) is 17.8 Å². The van der Waals surface area contributed by atoms with Crippen LogP contribution in [0.3, 0.4) is 0 Å².